The number of hydrogen-bond acceptors (Lipinski definition) is 5. The van der Waals surface area contributed by atoms with Gasteiger partial charge in [-0.15, -0.1) is 11.3 Å². The predicted molar refractivity (Wildman–Crippen MR) is 89.4 cm³/mol. The summed E-state index contributed by atoms with van der Waals surface area (Å²) in [6, 6.07) is 10.4. The van der Waals surface area contributed by atoms with Gasteiger partial charge in [0.15, 0.2) is 11.6 Å². The molecule has 1 fully saturated rings. The number of nitrogens with zero attached hydrogens (tertiary/aromatic N) is 4. The lowest BCUT2D eigenvalue weighted by Crippen LogP contribution is -2.12. The zero-order chi connectivity index (χ0) is 15.9. The summed E-state index contributed by atoms with van der Waals surface area (Å²) >= 11 is 1.60. The second kappa shape index (κ2) is 5.54. The van der Waals surface area contributed by atoms with Crippen LogP contribution in [0, 0.1) is 6.92 Å². The standard InChI is InChI=1S/C17H18N4OS/c1-12-18-14(11-23-12)15-19-16(20-21(15)9-10-22)17(7-8-17)13-5-3-2-4-6-13/h2-6,11,22H,7-10H2,1H3. The minimum Gasteiger partial charge on any atom is -0.394 e. The van der Waals surface area contributed by atoms with Crippen molar-refractivity contribution in [2.45, 2.75) is 31.7 Å². The Morgan fingerprint density at radius 3 is 2.61 bits per heavy atom. The molecule has 0 spiro atoms. The van der Waals surface area contributed by atoms with E-state index in [2.05, 4.69) is 29.2 Å². The first-order valence-corrected chi connectivity index (χ1v) is 8.65. The van der Waals surface area contributed by atoms with Gasteiger partial charge in [0, 0.05) is 5.38 Å². The summed E-state index contributed by atoms with van der Waals surface area (Å²) in [5.74, 6) is 1.60. The van der Waals surface area contributed by atoms with Crippen molar-refractivity contribution >= 4 is 11.3 Å². The highest BCUT2D eigenvalue weighted by Gasteiger charge is 2.49. The molecule has 23 heavy (non-hydrogen) atoms. The van der Waals surface area contributed by atoms with Crippen molar-refractivity contribution in [3.05, 3.63) is 52.1 Å². The van der Waals surface area contributed by atoms with E-state index in [0.29, 0.717) is 6.54 Å². The number of aryl methyl sites for hydroxylation is 1. The van der Waals surface area contributed by atoms with Gasteiger partial charge in [-0.05, 0) is 25.3 Å². The maximum atomic E-state index is 9.33. The van der Waals surface area contributed by atoms with Crippen molar-refractivity contribution in [2.75, 3.05) is 6.61 Å². The van der Waals surface area contributed by atoms with Crippen LogP contribution in [-0.4, -0.2) is 31.5 Å². The highest BCUT2D eigenvalue weighted by Crippen LogP contribution is 2.52. The molecule has 0 atom stereocenters. The van der Waals surface area contributed by atoms with Gasteiger partial charge in [-0.3, -0.25) is 0 Å². The molecular weight excluding hydrogens is 308 g/mol. The molecule has 0 saturated heterocycles. The molecule has 0 aliphatic heterocycles. The average Bonchev–Trinajstić information content (AvgIpc) is 3.10. The van der Waals surface area contributed by atoms with E-state index in [1.54, 1.807) is 16.0 Å². The summed E-state index contributed by atoms with van der Waals surface area (Å²) in [6.45, 7) is 2.45. The van der Waals surface area contributed by atoms with Crippen molar-refractivity contribution in [1.29, 1.82) is 0 Å². The number of rotatable bonds is 5. The molecule has 2 aromatic heterocycles. The quantitative estimate of drug-likeness (QED) is 0.783. The number of aliphatic hydroxyl groups excluding tert-OH is 1. The van der Waals surface area contributed by atoms with Gasteiger partial charge in [0.25, 0.3) is 0 Å². The maximum absolute atomic E-state index is 9.33. The number of benzene rings is 1. The van der Waals surface area contributed by atoms with Crippen molar-refractivity contribution in [3.8, 4) is 11.5 Å². The molecule has 0 amide bonds. The number of thiazole rings is 1. The molecule has 0 unspecified atom stereocenters. The monoisotopic (exact) mass is 326 g/mol. The number of aromatic nitrogens is 4. The van der Waals surface area contributed by atoms with E-state index in [-0.39, 0.29) is 12.0 Å². The zero-order valence-corrected chi connectivity index (χ0v) is 13.8. The van der Waals surface area contributed by atoms with Gasteiger partial charge < -0.3 is 5.11 Å². The van der Waals surface area contributed by atoms with Gasteiger partial charge >= 0.3 is 0 Å². The molecule has 1 aliphatic carbocycles. The van der Waals surface area contributed by atoms with Crippen LogP contribution in [-0.2, 0) is 12.0 Å². The van der Waals surface area contributed by atoms with Crippen LogP contribution in [0.3, 0.4) is 0 Å². The molecule has 1 N–H and O–H groups in total. The molecule has 0 bridgehead atoms. The molecule has 5 nitrogen and oxygen atoms in total. The van der Waals surface area contributed by atoms with Crippen molar-refractivity contribution < 1.29 is 5.11 Å². The Bertz CT molecular complexity index is 820. The second-order valence-corrected chi connectivity index (χ2v) is 6.97. The van der Waals surface area contributed by atoms with E-state index in [0.717, 1.165) is 35.2 Å². The first-order valence-electron chi connectivity index (χ1n) is 7.77. The van der Waals surface area contributed by atoms with E-state index >= 15 is 0 Å². The zero-order valence-electron chi connectivity index (χ0n) is 12.9. The molecule has 6 heteroatoms. The van der Waals surface area contributed by atoms with Gasteiger partial charge in [0.05, 0.1) is 23.6 Å². The molecule has 3 aromatic rings. The highest BCUT2D eigenvalue weighted by molar-refractivity contribution is 7.09. The van der Waals surface area contributed by atoms with Gasteiger partial charge in [-0.1, -0.05) is 30.3 Å². The average molecular weight is 326 g/mol. The fourth-order valence-corrected chi connectivity index (χ4v) is 3.57. The van der Waals surface area contributed by atoms with Crippen LogP contribution >= 0.6 is 11.3 Å². The topological polar surface area (TPSA) is 63.8 Å². The summed E-state index contributed by atoms with van der Waals surface area (Å²) in [6.07, 6.45) is 2.13. The Labute approximate surface area is 138 Å². The summed E-state index contributed by atoms with van der Waals surface area (Å²) in [5, 5.41) is 17.0. The van der Waals surface area contributed by atoms with Crippen LogP contribution in [0.2, 0.25) is 0 Å². The fraction of sp³-hybridized carbons (Fsp3) is 0.353. The third-order valence-corrected chi connectivity index (χ3v) is 5.11. The van der Waals surface area contributed by atoms with Gasteiger partial charge in [0.1, 0.15) is 5.69 Å². The second-order valence-electron chi connectivity index (χ2n) is 5.91. The molecular formula is C17H18N4OS. The third kappa shape index (κ3) is 2.48. The largest absolute Gasteiger partial charge is 0.394 e. The minimum absolute atomic E-state index is 0.0389. The summed E-state index contributed by atoms with van der Waals surface area (Å²) in [5.41, 5.74) is 2.03. The molecule has 0 radical (unpaired) electrons. The third-order valence-electron chi connectivity index (χ3n) is 4.34. The Kier molecular flexibility index (Phi) is 3.50. The molecule has 1 aromatic carbocycles. The highest BCUT2D eigenvalue weighted by atomic mass is 32.1. The van der Waals surface area contributed by atoms with E-state index in [1.165, 1.54) is 5.56 Å². The maximum Gasteiger partial charge on any atom is 0.178 e. The van der Waals surface area contributed by atoms with E-state index < -0.39 is 0 Å². The van der Waals surface area contributed by atoms with Crippen LogP contribution in [0.15, 0.2) is 35.7 Å². The fourth-order valence-electron chi connectivity index (χ4n) is 2.97. The number of aliphatic hydroxyl groups is 1. The minimum atomic E-state index is -0.0677. The lowest BCUT2D eigenvalue weighted by Gasteiger charge is -2.11. The van der Waals surface area contributed by atoms with Crippen LogP contribution in [0.5, 0.6) is 0 Å². The smallest absolute Gasteiger partial charge is 0.178 e. The van der Waals surface area contributed by atoms with Crippen LogP contribution < -0.4 is 0 Å². The van der Waals surface area contributed by atoms with Crippen LogP contribution in [0.25, 0.3) is 11.5 Å². The van der Waals surface area contributed by atoms with Gasteiger partial charge in [0.2, 0.25) is 0 Å². The first-order chi connectivity index (χ1) is 11.2. The molecule has 1 aliphatic rings. The molecule has 1 saturated carbocycles. The predicted octanol–water partition coefficient (Wildman–Crippen LogP) is 2.78. The SMILES string of the molecule is Cc1nc(-c2nc(C3(c4ccccc4)CC3)nn2CCO)cs1. The van der Waals surface area contributed by atoms with Crippen molar-refractivity contribution in [2.24, 2.45) is 0 Å². The molecule has 2 heterocycles. The number of hydrogen-bond donors (Lipinski definition) is 1. The van der Waals surface area contributed by atoms with Crippen molar-refractivity contribution in [1.82, 2.24) is 19.7 Å². The first kappa shape index (κ1) is 14.5. The lowest BCUT2D eigenvalue weighted by molar-refractivity contribution is 0.269. The summed E-state index contributed by atoms with van der Waals surface area (Å²) < 4.78 is 1.78. The molecule has 4 rings (SSSR count). The Morgan fingerprint density at radius 2 is 2.00 bits per heavy atom. The van der Waals surface area contributed by atoms with E-state index in [9.17, 15) is 5.11 Å². The van der Waals surface area contributed by atoms with Gasteiger partial charge in [-0.2, -0.15) is 5.10 Å². The molecule has 118 valence electrons. The Balaban J connectivity index is 1.79. The van der Waals surface area contributed by atoms with E-state index in [4.69, 9.17) is 10.1 Å². The summed E-state index contributed by atoms with van der Waals surface area (Å²) in [4.78, 5) is 9.33. The van der Waals surface area contributed by atoms with Crippen LogP contribution in [0.4, 0.5) is 0 Å². The van der Waals surface area contributed by atoms with Crippen molar-refractivity contribution in [3.63, 3.8) is 0 Å². The van der Waals surface area contributed by atoms with Crippen LogP contribution in [0.1, 0.15) is 29.2 Å². The lowest BCUT2D eigenvalue weighted by atomic mass is 9.95. The normalized spacial score (nSPS) is 15.7. The Hall–Kier alpha value is -2.05. The van der Waals surface area contributed by atoms with Gasteiger partial charge in [-0.25, -0.2) is 14.6 Å². The van der Waals surface area contributed by atoms with E-state index in [1.807, 2.05) is 18.4 Å². The Morgan fingerprint density at radius 1 is 1.22 bits per heavy atom. The summed E-state index contributed by atoms with van der Waals surface area (Å²) in [7, 11) is 0.